The molecule has 0 N–H and O–H groups in total. The first-order valence-electron chi connectivity index (χ1n) is 9.58. The van der Waals surface area contributed by atoms with Crippen LogP contribution in [0.5, 0.6) is 0 Å². The number of amides is 1. The van der Waals surface area contributed by atoms with Gasteiger partial charge in [-0.25, -0.2) is 4.98 Å². The number of thiazole rings is 1. The molecule has 2 aromatic carbocycles. The Morgan fingerprint density at radius 3 is 2.59 bits per heavy atom. The fourth-order valence-corrected chi connectivity index (χ4v) is 4.20. The average molecular weight is 413 g/mol. The molecule has 8 heteroatoms. The van der Waals surface area contributed by atoms with E-state index in [1.54, 1.807) is 11.0 Å². The van der Waals surface area contributed by atoms with E-state index in [0.29, 0.717) is 18.2 Å². The van der Waals surface area contributed by atoms with E-state index in [1.165, 1.54) is 29.5 Å². The minimum atomic E-state index is -0.489. The summed E-state index contributed by atoms with van der Waals surface area (Å²) in [6, 6.07) is 11.9. The number of aryl methyl sites for hydroxylation is 1. The lowest BCUT2D eigenvalue weighted by molar-refractivity contribution is -0.384. The number of non-ortho nitro benzene ring substituents is 1. The Bertz CT molecular complexity index is 1030. The van der Waals surface area contributed by atoms with Crippen molar-refractivity contribution < 1.29 is 9.72 Å². The molecule has 3 aromatic rings. The second-order valence-corrected chi connectivity index (χ2v) is 7.77. The molecule has 0 radical (unpaired) electrons. The number of carbonyl (C=O) groups excluding carboxylic acids is 1. The summed E-state index contributed by atoms with van der Waals surface area (Å²) in [7, 11) is 0. The number of nitro groups is 1. The number of anilines is 1. The molecule has 0 saturated carbocycles. The van der Waals surface area contributed by atoms with Gasteiger partial charge >= 0.3 is 0 Å². The van der Waals surface area contributed by atoms with Crippen molar-refractivity contribution >= 4 is 38.3 Å². The molecule has 1 aromatic heterocycles. The molecule has 0 saturated heterocycles. The maximum atomic E-state index is 13.3. The van der Waals surface area contributed by atoms with Gasteiger partial charge in [0.05, 0.1) is 15.1 Å². The summed E-state index contributed by atoms with van der Waals surface area (Å²) in [5.74, 6) is -0.281. The third-order valence-corrected chi connectivity index (χ3v) is 5.89. The average Bonchev–Trinajstić information content (AvgIpc) is 3.13. The van der Waals surface area contributed by atoms with Crippen LogP contribution >= 0.6 is 11.3 Å². The molecule has 0 aliphatic rings. The Labute approximate surface area is 173 Å². The van der Waals surface area contributed by atoms with E-state index in [-0.39, 0.29) is 17.2 Å². The highest BCUT2D eigenvalue weighted by molar-refractivity contribution is 7.22. The van der Waals surface area contributed by atoms with E-state index >= 15 is 0 Å². The smallest absolute Gasteiger partial charge is 0.270 e. The lowest BCUT2D eigenvalue weighted by atomic mass is 10.2. The molecule has 29 heavy (non-hydrogen) atoms. The van der Waals surface area contributed by atoms with Gasteiger partial charge < -0.3 is 4.90 Å². The van der Waals surface area contributed by atoms with Crippen LogP contribution in [0.25, 0.3) is 10.2 Å². The second-order valence-electron chi connectivity index (χ2n) is 6.76. The number of hydrogen-bond donors (Lipinski definition) is 0. The molecule has 0 aliphatic heterocycles. The largest absolute Gasteiger partial charge is 0.302 e. The SMILES string of the molecule is CCN(CC)CCN(C(=O)c1cccc([N+](=O)[O-])c1)c1nc2ccc(C)cc2s1. The van der Waals surface area contributed by atoms with Crippen LogP contribution in [0.1, 0.15) is 29.8 Å². The van der Waals surface area contributed by atoms with Gasteiger partial charge in [-0.15, -0.1) is 0 Å². The van der Waals surface area contributed by atoms with Crippen LogP contribution in [0.15, 0.2) is 42.5 Å². The van der Waals surface area contributed by atoms with Gasteiger partial charge in [-0.3, -0.25) is 19.8 Å². The zero-order valence-electron chi connectivity index (χ0n) is 16.8. The number of nitro benzene ring substituents is 1. The van der Waals surface area contributed by atoms with Crippen LogP contribution in [-0.2, 0) is 0 Å². The van der Waals surface area contributed by atoms with Crippen LogP contribution in [0.2, 0.25) is 0 Å². The van der Waals surface area contributed by atoms with E-state index in [2.05, 4.69) is 29.8 Å². The predicted octanol–water partition coefficient (Wildman–Crippen LogP) is 4.50. The van der Waals surface area contributed by atoms with Gasteiger partial charge in [-0.05, 0) is 43.8 Å². The maximum absolute atomic E-state index is 13.3. The van der Waals surface area contributed by atoms with E-state index in [1.807, 2.05) is 19.1 Å². The van der Waals surface area contributed by atoms with Gasteiger partial charge in [0.2, 0.25) is 0 Å². The van der Waals surface area contributed by atoms with Crippen LogP contribution in [0.3, 0.4) is 0 Å². The number of rotatable bonds is 8. The zero-order valence-corrected chi connectivity index (χ0v) is 17.6. The lowest BCUT2D eigenvalue weighted by Crippen LogP contribution is -2.38. The molecule has 7 nitrogen and oxygen atoms in total. The summed E-state index contributed by atoms with van der Waals surface area (Å²) in [5, 5.41) is 11.7. The van der Waals surface area contributed by atoms with Crippen LogP contribution in [0, 0.1) is 17.0 Å². The zero-order chi connectivity index (χ0) is 21.0. The van der Waals surface area contributed by atoms with Gasteiger partial charge in [0.1, 0.15) is 0 Å². The van der Waals surface area contributed by atoms with E-state index in [4.69, 9.17) is 0 Å². The first-order valence-corrected chi connectivity index (χ1v) is 10.4. The predicted molar refractivity (Wildman–Crippen MR) is 117 cm³/mol. The molecule has 0 unspecified atom stereocenters. The first kappa shape index (κ1) is 20.9. The standard InChI is InChI=1S/C21H24N4O3S/c1-4-23(5-2)11-12-24(20(26)16-7-6-8-17(14-16)25(27)28)21-22-18-10-9-15(3)13-19(18)29-21/h6-10,13-14H,4-5,11-12H2,1-3H3. The number of hydrogen-bond acceptors (Lipinski definition) is 6. The molecule has 152 valence electrons. The fraction of sp³-hybridized carbons (Fsp3) is 0.333. The van der Waals surface area contributed by atoms with Crippen LogP contribution in [0.4, 0.5) is 10.8 Å². The molecule has 1 heterocycles. The van der Waals surface area contributed by atoms with Crippen molar-refractivity contribution in [2.45, 2.75) is 20.8 Å². The lowest BCUT2D eigenvalue weighted by Gasteiger charge is -2.24. The Kier molecular flexibility index (Phi) is 6.56. The van der Waals surface area contributed by atoms with Crippen molar-refractivity contribution in [1.82, 2.24) is 9.88 Å². The third-order valence-electron chi connectivity index (χ3n) is 4.85. The number of carbonyl (C=O) groups is 1. The van der Waals surface area contributed by atoms with Crippen LogP contribution < -0.4 is 4.90 Å². The number of aromatic nitrogens is 1. The molecule has 0 bridgehead atoms. The van der Waals surface area contributed by atoms with Crippen molar-refractivity contribution in [2.75, 3.05) is 31.1 Å². The summed E-state index contributed by atoms with van der Waals surface area (Å²) >= 11 is 1.46. The maximum Gasteiger partial charge on any atom is 0.270 e. The van der Waals surface area contributed by atoms with Crippen LogP contribution in [-0.4, -0.2) is 46.9 Å². The quantitative estimate of drug-likeness (QED) is 0.402. The summed E-state index contributed by atoms with van der Waals surface area (Å²) < 4.78 is 1.01. The van der Waals surface area contributed by atoms with E-state index in [0.717, 1.165) is 28.9 Å². The number of benzene rings is 2. The van der Waals surface area contributed by atoms with Crippen molar-refractivity contribution in [3.63, 3.8) is 0 Å². The van der Waals surface area contributed by atoms with Gasteiger partial charge in [0.15, 0.2) is 5.13 Å². The molecule has 0 spiro atoms. The van der Waals surface area contributed by atoms with Crippen molar-refractivity contribution in [3.05, 3.63) is 63.7 Å². The number of nitrogens with zero attached hydrogens (tertiary/aromatic N) is 4. The number of likely N-dealkylation sites (N-methyl/N-ethyl adjacent to an activating group) is 1. The van der Waals surface area contributed by atoms with Gasteiger partial charge in [0.25, 0.3) is 11.6 Å². The fourth-order valence-electron chi connectivity index (χ4n) is 3.11. The topological polar surface area (TPSA) is 79.6 Å². The molecule has 1 amide bonds. The highest BCUT2D eigenvalue weighted by atomic mass is 32.1. The second kappa shape index (κ2) is 9.11. The van der Waals surface area contributed by atoms with Gasteiger partial charge in [-0.1, -0.05) is 37.3 Å². The molecule has 3 rings (SSSR count). The summed E-state index contributed by atoms with van der Waals surface area (Å²) in [6.07, 6.45) is 0. The molecule has 0 aliphatic carbocycles. The highest BCUT2D eigenvalue weighted by Gasteiger charge is 2.23. The Morgan fingerprint density at radius 2 is 1.90 bits per heavy atom. The Morgan fingerprint density at radius 1 is 1.14 bits per heavy atom. The monoisotopic (exact) mass is 412 g/mol. The minimum Gasteiger partial charge on any atom is -0.302 e. The summed E-state index contributed by atoms with van der Waals surface area (Å²) in [6.45, 7) is 9.10. The van der Waals surface area contributed by atoms with Gasteiger partial charge in [0, 0.05) is 30.8 Å². The van der Waals surface area contributed by atoms with E-state index in [9.17, 15) is 14.9 Å². The first-order chi connectivity index (χ1) is 13.9. The third kappa shape index (κ3) is 4.78. The normalized spacial score (nSPS) is 11.2. The summed E-state index contributed by atoms with van der Waals surface area (Å²) in [4.78, 5) is 32.5. The Balaban J connectivity index is 1.98. The minimum absolute atomic E-state index is 0.0977. The molecule has 0 fully saturated rings. The highest BCUT2D eigenvalue weighted by Crippen LogP contribution is 2.30. The van der Waals surface area contributed by atoms with Crippen molar-refractivity contribution in [2.24, 2.45) is 0 Å². The van der Waals surface area contributed by atoms with E-state index < -0.39 is 4.92 Å². The molecular formula is C21H24N4O3S. The van der Waals surface area contributed by atoms with Gasteiger partial charge in [-0.2, -0.15) is 0 Å². The van der Waals surface area contributed by atoms with Crippen molar-refractivity contribution in [1.29, 1.82) is 0 Å². The summed E-state index contributed by atoms with van der Waals surface area (Å²) in [5.41, 5.74) is 2.16. The molecular weight excluding hydrogens is 388 g/mol. The number of fused-ring (bicyclic) bond motifs is 1. The van der Waals surface area contributed by atoms with Crippen molar-refractivity contribution in [3.8, 4) is 0 Å². The Hall–Kier alpha value is -2.84. The molecule has 0 atom stereocenters.